The van der Waals surface area contributed by atoms with Crippen molar-refractivity contribution in [2.75, 3.05) is 11.9 Å². The van der Waals surface area contributed by atoms with Crippen molar-refractivity contribution >= 4 is 40.3 Å². The number of amides is 1. The Bertz CT molecular complexity index is 1400. The Kier molecular flexibility index (Phi) is 7.12. The zero-order valence-corrected chi connectivity index (χ0v) is 19.5. The maximum atomic E-state index is 12.8. The molecule has 0 aliphatic heterocycles. The van der Waals surface area contributed by atoms with Gasteiger partial charge in [-0.1, -0.05) is 54.1 Å². The van der Waals surface area contributed by atoms with Gasteiger partial charge in [-0.2, -0.15) is 18.3 Å². The van der Waals surface area contributed by atoms with E-state index in [9.17, 15) is 18.0 Å². The highest BCUT2D eigenvalue weighted by Crippen LogP contribution is 2.30. The predicted molar refractivity (Wildman–Crippen MR) is 133 cm³/mol. The Hall–Kier alpha value is -3.78. The number of para-hydroxylation sites is 1. The van der Waals surface area contributed by atoms with E-state index in [1.165, 1.54) is 12.1 Å². The number of carbonyl (C=O) groups excluding carboxylic acids is 1. The number of carbonyl (C=O) groups is 1. The fourth-order valence-electron chi connectivity index (χ4n) is 3.82. The molecule has 3 aromatic carbocycles. The van der Waals surface area contributed by atoms with Gasteiger partial charge in [0.2, 0.25) is 0 Å². The smallest absolute Gasteiger partial charge is 0.376 e. The fraction of sp³-hybridized carbons (Fsp3) is 0.154. The van der Waals surface area contributed by atoms with Crippen molar-refractivity contribution in [3.8, 4) is 0 Å². The Morgan fingerprint density at radius 1 is 1.06 bits per heavy atom. The van der Waals surface area contributed by atoms with Gasteiger partial charge in [-0.25, -0.2) is 5.43 Å². The number of alkyl halides is 3. The number of aromatic nitrogens is 1. The van der Waals surface area contributed by atoms with Crippen LogP contribution in [0.25, 0.3) is 10.9 Å². The van der Waals surface area contributed by atoms with Gasteiger partial charge in [-0.15, -0.1) is 0 Å². The Balaban J connectivity index is 1.46. The van der Waals surface area contributed by atoms with Crippen molar-refractivity contribution in [3.63, 3.8) is 0 Å². The van der Waals surface area contributed by atoms with E-state index in [-0.39, 0.29) is 12.2 Å². The summed E-state index contributed by atoms with van der Waals surface area (Å²) in [5, 5.41) is 8.41. The molecule has 5 nitrogen and oxygen atoms in total. The third-order valence-electron chi connectivity index (χ3n) is 5.59. The molecule has 0 fully saturated rings. The van der Waals surface area contributed by atoms with Gasteiger partial charge in [0.05, 0.1) is 18.3 Å². The summed E-state index contributed by atoms with van der Waals surface area (Å²) in [4.78, 5) is 12.2. The van der Waals surface area contributed by atoms with Crippen molar-refractivity contribution in [1.29, 1.82) is 0 Å². The van der Waals surface area contributed by atoms with E-state index in [1.807, 2.05) is 55.5 Å². The van der Waals surface area contributed by atoms with Gasteiger partial charge in [0, 0.05) is 39.4 Å². The van der Waals surface area contributed by atoms with Gasteiger partial charge in [0.1, 0.15) is 0 Å². The third kappa shape index (κ3) is 5.66. The summed E-state index contributed by atoms with van der Waals surface area (Å²) in [5.41, 5.74) is 5.61. The van der Waals surface area contributed by atoms with Gasteiger partial charge in [0.25, 0.3) is 5.91 Å². The maximum absolute atomic E-state index is 12.8. The number of fused-ring (bicyclic) bond motifs is 1. The summed E-state index contributed by atoms with van der Waals surface area (Å²) in [7, 11) is 0. The topological polar surface area (TPSA) is 58.4 Å². The number of hydrazone groups is 1. The molecule has 0 spiro atoms. The lowest BCUT2D eigenvalue weighted by Gasteiger charge is -2.10. The first-order valence-corrected chi connectivity index (χ1v) is 11.2. The van der Waals surface area contributed by atoms with Crippen LogP contribution in [0.1, 0.15) is 22.4 Å². The van der Waals surface area contributed by atoms with E-state index in [1.54, 1.807) is 6.21 Å². The van der Waals surface area contributed by atoms with E-state index in [0.717, 1.165) is 39.9 Å². The van der Waals surface area contributed by atoms with Gasteiger partial charge >= 0.3 is 6.18 Å². The first-order chi connectivity index (χ1) is 16.7. The van der Waals surface area contributed by atoms with Crippen molar-refractivity contribution in [3.05, 3.63) is 100 Å². The van der Waals surface area contributed by atoms with Crippen molar-refractivity contribution in [2.24, 2.45) is 5.10 Å². The molecular weight excluding hydrogens is 477 g/mol. The quantitative estimate of drug-likeness (QED) is 0.234. The highest BCUT2D eigenvalue weighted by Gasteiger charge is 2.30. The average Bonchev–Trinajstić information content (AvgIpc) is 3.10. The van der Waals surface area contributed by atoms with Gasteiger partial charge < -0.3 is 9.88 Å². The molecule has 0 aliphatic carbocycles. The van der Waals surface area contributed by atoms with Crippen LogP contribution in [-0.2, 0) is 17.5 Å². The van der Waals surface area contributed by atoms with E-state index in [4.69, 9.17) is 11.6 Å². The lowest BCUT2D eigenvalue weighted by Crippen LogP contribution is -2.26. The first-order valence-electron chi connectivity index (χ1n) is 10.8. The van der Waals surface area contributed by atoms with E-state index in [2.05, 4.69) is 20.4 Å². The van der Waals surface area contributed by atoms with Crippen LogP contribution in [0.15, 0.2) is 77.9 Å². The van der Waals surface area contributed by atoms with E-state index >= 15 is 0 Å². The molecule has 35 heavy (non-hydrogen) atoms. The highest BCUT2D eigenvalue weighted by molar-refractivity contribution is 6.31. The largest absolute Gasteiger partial charge is 0.416 e. The second-order valence-corrected chi connectivity index (χ2v) is 8.33. The molecule has 1 heterocycles. The number of halogens is 4. The average molecular weight is 499 g/mol. The molecule has 0 bridgehead atoms. The molecule has 1 aromatic heterocycles. The molecule has 2 N–H and O–H groups in total. The number of hydrogen-bond acceptors (Lipinski definition) is 3. The van der Waals surface area contributed by atoms with E-state index < -0.39 is 17.6 Å². The lowest BCUT2D eigenvalue weighted by molar-refractivity contribution is -0.137. The Morgan fingerprint density at radius 2 is 1.80 bits per heavy atom. The zero-order valence-electron chi connectivity index (χ0n) is 18.7. The molecule has 0 unspecified atom stereocenters. The molecule has 0 radical (unpaired) electrons. The van der Waals surface area contributed by atoms with Crippen LogP contribution < -0.4 is 10.7 Å². The molecule has 0 saturated heterocycles. The number of hydrogen-bond donors (Lipinski definition) is 2. The normalized spacial score (nSPS) is 11.8. The summed E-state index contributed by atoms with van der Waals surface area (Å²) >= 11 is 6.36. The number of rotatable bonds is 7. The van der Waals surface area contributed by atoms with Crippen LogP contribution >= 0.6 is 11.6 Å². The molecule has 4 rings (SSSR count). The SMILES string of the molecule is Cc1c(/C=N\NC(=O)CNc2cccc(C(F)(F)F)c2)c2ccccc2n1Cc1ccccc1Cl. The van der Waals surface area contributed by atoms with Crippen LogP contribution in [0.3, 0.4) is 0 Å². The van der Waals surface area contributed by atoms with E-state index in [0.29, 0.717) is 11.6 Å². The molecule has 0 aliphatic rings. The summed E-state index contributed by atoms with van der Waals surface area (Å²) in [6.07, 6.45) is -2.88. The van der Waals surface area contributed by atoms with Crippen LogP contribution in [0.2, 0.25) is 5.02 Å². The van der Waals surface area contributed by atoms with Crippen LogP contribution in [0.4, 0.5) is 18.9 Å². The molecular formula is C26H22ClF3N4O. The standard InChI is InChI=1S/C26H22ClF3N4O/c1-17-22(14-32-33-25(35)15-31-20-9-6-8-19(13-20)26(28,29)30)21-10-3-5-12-24(21)34(17)16-18-7-2-4-11-23(18)27/h2-14,31H,15-16H2,1H3,(H,33,35)/b32-14-. The van der Waals surface area contributed by atoms with Crippen molar-refractivity contribution in [2.45, 2.75) is 19.6 Å². The Labute approximate surface area is 205 Å². The number of benzene rings is 3. The van der Waals surface area contributed by atoms with Crippen molar-refractivity contribution in [1.82, 2.24) is 9.99 Å². The summed E-state index contributed by atoms with van der Waals surface area (Å²) in [6.45, 7) is 2.31. The monoisotopic (exact) mass is 498 g/mol. The second-order valence-electron chi connectivity index (χ2n) is 7.92. The molecule has 180 valence electrons. The third-order valence-corrected chi connectivity index (χ3v) is 5.96. The summed E-state index contributed by atoms with van der Waals surface area (Å²) in [5.74, 6) is -0.490. The van der Waals surface area contributed by atoms with Crippen LogP contribution in [-0.4, -0.2) is 23.2 Å². The van der Waals surface area contributed by atoms with Gasteiger partial charge in [-0.3, -0.25) is 4.79 Å². The predicted octanol–water partition coefficient (Wildman–Crippen LogP) is 6.23. The number of anilines is 1. The van der Waals surface area contributed by atoms with Crippen molar-refractivity contribution < 1.29 is 18.0 Å². The zero-order chi connectivity index (χ0) is 25.0. The minimum Gasteiger partial charge on any atom is -0.376 e. The van der Waals surface area contributed by atoms with Crippen LogP contribution in [0.5, 0.6) is 0 Å². The highest BCUT2D eigenvalue weighted by atomic mass is 35.5. The fourth-order valence-corrected chi connectivity index (χ4v) is 4.01. The Morgan fingerprint density at radius 3 is 2.57 bits per heavy atom. The molecule has 9 heteroatoms. The van der Waals surface area contributed by atoms with Crippen LogP contribution in [0, 0.1) is 6.92 Å². The van der Waals surface area contributed by atoms with Gasteiger partial charge in [0.15, 0.2) is 0 Å². The second kappa shape index (κ2) is 10.2. The lowest BCUT2D eigenvalue weighted by atomic mass is 10.1. The number of nitrogens with one attached hydrogen (secondary N) is 2. The first kappa shape index (κ1) is 24.3. The molecule has 0 saturated carbocycles. The molecule has 0 atom stereocenters. The minimum absolute atomic E-state index is 0.192. The minimum atomic E-state index is -4.45. The number of nitrogens with zero attached hydrogens (tertiary/aromatic N) is 2. The summed E-state index contributed by atoms with van der Waals surface area (Å²) < 4.78 is 40.7. The molecule has 1 amide bonds. The molecule has 4 aromatic rings. The van der Waals surface area contributed by atoms with Gasteiger partial charge in [-0.05, 0) is 42.8 Å². The maximum Gasteiger partial charge on any atom is 0.416 e. The summed E-state index contributed by atoms with van der Waals surface area (Å²) in [6, 6.07) is 20.2.